The van der Waals surface area contributed by atoms with Gasteiger partial charge in [-0.1, -0.05) is 0 Å². The lowest BCUT2D eigenvalue weighted by molar-refractivity contribution is 0.121. The number of aromatic nitrogens is 2. The fourth-order valence-corrected chi connectivity index (χ4v) is 2.00. The third-order valence-electron chi connectivity index (χ3n) is 1.68. The fraction of sp³-hybridized carbons (Fsp3) is 0.571. The number of hydrogen-bond donors (Lipinski definition) is 2. The zero-order valence-electron chi connectivity index (χ0n) is 8.31. The van der Waals surface area contributed by atoms with Crippen LogP contribution in [0, 0.1) is 0 Å². The molecule has 0 bridgehead atoms. The molecule has 92 valence electrons. The van der Waals surface area contributed by atoms with Crippen LogP contribution in [0.3, 0.4) is 0 Å². The number of nitrogens with two attached hydrogens (primary N) is 1. The number of nitrogens with one attached hydrogen (secondary N) is 1. The second kappa shape index (κ2) is 5.32. The van der Waals surface area contributed by atoms with E-state index in [0.717, 1.165) is 17.1 Å². The van der Waals surface area contributed by atoms with Gasteiger partial charge < -0.3 is 5.73 Å². The van der Waals surface area contributed by atoms with Crippen LogP contribution in [0.4, 0.5) is 8.78 Å². The van der Waals surface area contributed by atoms with Crippen LogP contribution < -0.4 is 10.5 Å². The first kappa shape index (κ1) is 13.0. The average Bonchev–Trinajstić information content (AvgIpc) is 2.63. The van der Waals surface area contributed by atoms with Gasteiger partial charge in [-0.25, -0.2) is 21.9 Å². The number of sulfonamides is 1. The monoisotopic (exact) mass is 254 g/mol. The highest BCUT2D eigenvalue weighted by Gasteiger charge is 2.16. The van der Waals surface area contributed by atoms with Crippen LogP contribution >= 0.6 is 0 Å². The van der Waals surface area contributed by atoms with E-state index in [9.17, 15) is 17.2 Å². The van der Waals surface area contributed by atoms with Gasteiger partial charge in [0.05, 0.1) is 6.20 Å². The summed E-state index contributed by atoms with van der Waals surface area (Å²) in [7, 11) is -3.70. The van der Waals surface area contributed by atoms with Gasteiger partial charge in [0.1, 0.15) is 11.4 Å². The maximum Gasteiger partial charge on any atom is 0.257 e. The molecule has 9 heteroatoms. The molecule has 0 unspecified atom stereocenters. The molecule has 0 saturated carbocycles. The summed E-state index contributed by atoms with van der Waals surface area (Å²) < 4.78 is 50.0. The summed E-state index contributed by atoms with van der Waals surface area (Å²) >= 11 is 0. The van der Waals surface area contributed by atoms with E-state index in [-0.39, 0.29) is 18.0 Å². The first-order valence-corrected chi connectivity index (χ1v) is 5.94. The molecule has 0 aromatic carbocycles. The van der Waals surface area contributed by atoms with Crippen molar-refractivity contribution in [3.8, 4) is 0 Å². The van der Waals surface area contributed by atoms with Crippen molar-refractivity contribution in [1.29, 1.82) is 0 Å². The molecule has 0 aliphatic carbocycles. The SMILES string of the molecule is NCCNS(=O)(=O)c1cnn(CC(F)F)c1. The highest BCUT2D eigenvalue weighted by atomic mass is 32.2. The summed E-state index contributed by atoms with van der Waals surface area (Å²) in [5.41, 5.74) is 5.14. The van der Waals surface area contributed by atoms with E-state index in [2.05, 4.69) is 9.82 Å². The normalized spacial score (nSPS) is 12.2. The molecule has 0 spiro atoms. The minimum absolute atomic E-state index is 0.0857. The molecule has 0 amide bonds. The van der Waals surface area contributed by atoms with Gasteiger partial charge in [-0.05, 0) is 0 Å². The lowest BCUT2D eigenvalue weighted by atomic mass is 10.7. The van der Waals surface area contributed by atoms with Gasteiger partial charge in [-0.15, -0.1) is 0 Å². The summed E-state index contributed by atoms with van der Waals surface area (Å²) in [6.45, 7) is -0.390. The molecule has 1 heterocycles. The molecular formula is C7H12F2N4O2S. The fourth-order valence-electron chi connectivity index (χ4n) is 1.00. The highest BCUT2D eigenvalue weighted by Crippen LogP contribution is 2.07. The van der Waals surface area contributed by atoms with E-state index in [0.29, 0.717) is 0 Å². The number of hydrogen-bond acceptors (Lipinski definition) is 4. The standard InChI is InChI=1S/C7H12F2N4O2S/c8-7(9)5-13-4-6(3-11-13)16(14,15)12-2-1-10/h3-4,7,12H,1-2,5,10H2. The molecule has 1 aromatic rings. The smallest absolute Gasteiger partial charge is 0.257 e. The first-order valence-electron chi connectivity index (χ1n) is 4.46. The second-order valence-corrected chi connectivity index (χ2v) is 4.74. The van der Waals surface area contributed by atoms with Crippen molar-refractivity contribution in [3.05, 3.63) is 12.4 Å². The van der Waals surface area contributed by atoms with Crippen molar-refractivity contribution in [2.75, 3.05) is 13.1 Å². The average molecular weight is 254 g/mol. The van der Waals surface area contributed by atoms with Crippen molar-refractivity contribution in [2.24, 2.45) is 5.73 Å². The topological polar surface area (TPSA) is 90.0 Å². The maximum atomic E-state index is 12.0. The molecule has 1 aromatic heterocycles. The first-order chi connectivity index (χ1) is 7.45. The maximum absolute atomic E-state index is 12.0. The van der Waals surface area contributed by atoms with Crippen LogP contribution in [0.1, 0.15) is 0 Å². The van der Waals surface area contributed by atoms with Crippen molar-refractivity contribution < 1.29 is 17.2 Å². The Balaban J connectivity index is 2.77. The van der Waals surface area contributed by atoms with Gasteiger partial charge in [0, 0.05) is 19.3 Å². The van der Waals surface area contributed by atoms with E-state index in [4.69, 9.17) is 5.73 Å². The van der Waals surface area contributed by atoms with E-state index in [1.807, 2.05) is 0 Å². The molecule has 0 saturated heterocycles. The molecule has 0 atom stereocenters. The Hall–Kier alpha value is -1.06. The van der Waals surface area contributed by atoms with Gasteiger partial charge in [-0.3, -0.25) is 4.68 Å². The van der Waals surface area contributed by atoms with Crippen molar-refractivity contribution >= 4 is 10.0 Å². The van der Waals surface area contributed by atoms with Gasteiger partial charge in [0.15, 0.2) is 0 Å². The molecule has 0 radical (unpaired) electrons. The van der Waals surface area contributed by atoms with E-state index in [1.54, 1.807) is 0 Å². The van der Waals surface area contributed by atoms with Crippen molar-refractivity contribution in [1.82, 2.24) is 14.5 Å². The molecule has 16 heavy (non-hydrogen) atoms. The Morgan fingerprint density at radius 3 is 2.81 bits per heavy atom. The zero-order chi connectivity index (χ0) is 12.2. The van der Waals surface area contributed by atoms with Gasteiger partial charge in [-0.2, -0.15) is 5.10 Å². The number of halogens is 2. The molecule has 6 nitrogen and oxygen atoms in total. The molecule has 0 fully saturated rings. The summed E-state index contributed by atoms with van der Waals surface area (Å²) in [5, 5.41) is 3.52. The largest absolute Gasteiger partial charge is 0.329 e. The number of nitrogens with zero attached hydrogens (tertiary/aromatic N) is 2. The Morgan fingerprint density at radius 2 is 2.25 bits per heavy atom. The third kappa shape index (κ3) is 3.51. The summed E-state index contributed by atoms with van der Waals surface area (Å²) in [4.78, 5) is -0.151. The Bertz CT molecular complexity index is 431. The summed E-state index contributed by atoms with van der Waals surface area (Å²) in [5.74, 6) is 0. The molecule has 3 N–H and O–H groups in total. The summed E-state index contributed by atoms with van der Waals surface area (Å²) in [6.07, 6.45) is -0.515. The van der Waals surface area contributed by atoms with E-state index >= 15 is 0 Å². The quantitative estimate of drug-likeness (QED) is 0.708. The Kier molecular flexibility index (Phi) is 4.33. The Labute approximate surface area is 91.5 Å². The Morgan fingerprint density at radius 1 is 1.56 bits per heavy atom. The highest BCUT2D eigenvalue weighted by molar-refractivity contribution is 7.89. The van der Waals surface area contributed by atoms with Crippen LogP contribution in [-0.4, -0.2) is 37.7 Å². The van der Waals surface area contributed by atoms with E-state index in [1.165, 1.54) is 0 Å². The van der Waals surface area contributed by atoms with E-state index < -0.39 is 23.0 Å². The molecule has 1 rings (SSSR count). The van der Waals surface area contributed by atoms with Crippen LogP contribution in [0.25, 0.3) is 0 Å². The minimum atomic E-state index is -3.70. The second-order valence-electron chi connectivity index (χ2n) is 2.98. The lowest BCUT2D eigenvalue weighted by Gasteiger charge is -2.02. The van der Waals surface area contributed by atoms with Gasteiger partial charge >= 0.3 is 0 Å². The van der Waals surface area contributed by atoms with Crippen LogP contribution in [0.15, 0.2) is 17.3 Å². The van der Waals surface area contributed by atoms with Crippen LogP contribution in [0.2, 0.25) is 0 Å². The zero-order valence-corrected chi connectivity index (χ0v) is 9.12. The van der Waals surface area contributed by atoms with Crippen molar-refractivity contribution in [3.63, 3.8) is 0 Å². The number of alkyl halides is 2. The molecule has 0 aliphatic rings. The molecule has 0 aliphatic heterocycles. The predicted octanol–water partition coefficient (Wildman–Crippen LogP) is -0.615. The molecular weight excluding hydrogens is 242 g/mol. The number of rotatable bonds is 6. The van der Waals surface area contributed by atoms with Gasteiger partial charge in [0.2, 0.25) is 10.0 Å². The predicted molar refractivity (Wildman–Crippen MR) is 52.5 cm³/mol. The van der Waals surface area contributed by atoms with Crippen LogP contribution in [-0.2, 0) is 16.6 Å². The minimum Gasteiger partial charge on any atom is -0.329 e. The van der Waals surface area contributed by atoms with Crippen molar-refractivity contribution in [2.45, 2.75) is 17.9 Å². The summed E-state index contributed by atoms with van der Waals surface area (Å²) in [6, 6.07) is 0. The lowest BCUT2D eigenvalue weighted by Crippen LogP contribution is -2.28. The van der Waals surface area contributed by atoms with Crippen LogP contribution in [0.5, 0.6) is 0 Å². The third-order valence-corrected chi connectivity index (χ3v) is 3.10. The van der Waals surface area contributed by atoms with Gasteiger partial charge in [0.25, 0.3) is 6.43 Å².